The van der Waals surface area contributed by atoms with Gasteiger partial charge in [0.25, 0.3) is 0 Å². The molecule has 1 saturated heterocycles. The molecule has 0 spiro atoms. The van der Waals surface area contributed by atoms with Gasteiger partial charge in [-0.05, 0) is 13.3 Å². The fraction of sp³-hybridized carbons (Fsp3) is 0.500. The lowest BCUT2D eigenvalue weighted by Gasteiger charge is -2.39. The minimum absolute atomic E-state index is 0.0129. The molecular weight excluding hydrogens is 248 g/mol. The predicted octanol–water partition coefficient (Wildman–Crippen LogP) is 0.716. The highest BCUT2D eigenvalue weighted by Crippen LogP contribution is 2.22. The summed E-state index contributed by atoms with van der Waals surface area (Å²) in [6.07, 6.45) is 4.12. The summed E-state index contributed by atoms with van der Waals surface area (Å²) in [6.45, 7) is 4.86. The summed E-state index contributed by atoms with van der Waals surface area (Å²) in [5, 5.41) is 16.1. The van der Waals surface area contributed by atoms with Gasteiger partial charge in [-0.3, -0.25) is 4.79 Å². The van der Waals surface area contributed by atoms with Crippen molar-refractivity contribution in [3.63, 3.8) is 0 Å². The number of likely N-dealkylation sites (tertiary alicyclic amines) is 1. The summed E-state index contributed by atoms with van der Waals surface area (Å²) < 4.78 is 1.51. The second-order valence-electron chi connectivity index (χ2n) is 4.55. The summed E-state index contributed by atoms with van der Waals surface area (Å²) in [5.41, 5.74) is 0.664. The monoisotopic (exact) mass is 264 g/mol. The van der Waals surface area contributed by atoms with E-state index in [0.29, 0.717) is 13.1 Å². The van der Waals surface area contributed by atoms with E-state index in [4.69, 9.17) is 5.11 Å². The quantitative estimate of drug-likeness (QED) is 0.809. The molecule has 102 valence electrons. The van der Waals surface area contributed by atoms with E-state index in [1.807, 2.05) is 13.0 Å². The molecule has 0 aromatic carbocycles. The van der Waals surface area contributed by atoms with E-state index < -0.39 is 5.97 Å². The average Bonchev–Trinajstić information content (AvgIpc) is 2.76. The summed E-state index contributed by atoms with van der Waals surface area (Å²) >= 11 is 0. The standard InChI is InChI=1S/C12H16N4O3/c1-3-4-8(2)11(17)15-5-9(6-15)16-7-10(12(18)19)13-14-16/h4,7,9H,3,5-6H2,1-2H3,(H,18,19). The smallest absolute Gasteiger partial charge is 0.358 e. The Balaban J connectivity index is 1.94. The Morgan fingerprint density at radius 2 is 2.21 bits per heavy atom. The first-order chi connectivity index (χ1) is 9.02. The lowest BCUT2D eigenvalue weighted by atomic mass is 10.1. The highest BCUT2D eigenvalue weighted by atomic mass is 16.4. The first-order valence-electron chi connectivity index (χ1n) is 6.14. The molecule has 1 aliphatic rings. The van der Waals surface area contributed by atoms with Crippen molar-refractivity contribution in [3.8, 4) is 0 Å². The number of hydrogen-bond donors (Lipinski definition) is 1. The molecule has 0 radical (unpaired) electrons. The van der Waals surface area contributed by atoms with Crippen molar-refractivity contribution in [2.24, 2.45) is 0 Å². The molecule has 1 fully saturated rings. The van der Waals surface area contributed by atoms with Crippen molar-refractivity contribution < 1.29 is 14.7 Å². The number of nitrogens with zero attached hydrogens (tertiary/aromatic N) is 4. The van der Waals surface area contributed by atoms with Crippen LogP contribution in [0.25, 0.3) is 0 Å². The van der Waals surface area contributed by atoms with Crippen LogP contribution in [0, 0.1) is 0 Å². The molecule has 1 aliphatic heterocycles. The normalized spacial score (nSPS) is 16.3. The van der Waals surface area contributed by atoms with Gasteiger partial charge in [0.15, 0.2) is 5.69 Å². The molecule has 7 heteroatoms. The van der Waals surface area contributed by atoms with Crippen LogP contribution >= 0.6 is 0 Å². The number of carbonyl (C=O) groups excluding carboxylic acids is 1. The first kappa shape index (κ1) is 13.3. The largest absolute Gasteiger partial charge is 0.476 e. The minimum atomic E-state index is -1.10. The number of carboxylic acids is 1. The summed E-state index contributed by atoms with van der Waals surface area (Å²) in [6, 6.07) is 0.0129. The van der Waals surface area contributed by atoms with Gasteiger partial charge < -0.3 is 10.0 Å². The lowest BCUT2D eigenvalue weighted by Crippen LogP contribution is -2.51. The number of allylic oxidation sites excluding steroid dienone is 1. The number of rotatable bonds is 4. The molecule has 2 heterocycles. The second kappa shape index (κ2) is 5.21. The molecule has 0 atom stereocenters. The Morgan fingerprint density at radius 3 is 2.74 bits per heavy atom. The van der Waals surface area contributed by atoms with Crippen LogP contribution in [-0.4, -0.2) is 50.0 Å². The third kappa shape index (κ3) is 2.64. The van der Waals surface area contributed by atoms with E-state index in [1.54, 1.807) is 11.8 Å². The van der Waals surface area contributed by atoms with Gasteiger partial charge in [-0.15, -0.1) is 5.10 Å². The molecule has 0 bridgehead atoms. The Hall–Kier alpha value is -2.18. The Kier molecular flexibility index (Phi) is 3.64. The summed E-state index contributed by atoms with van der Waals surface area (Å²) in [5.74, 6) is -1.07. The fourth-order valence-electron chi connectivity index (χ4n) is 1.98. The molecule has 1 amide bonds. The Bertz CT molecular complexity index is 529. The zero-order valence-electron chi connectivity index (χ0n) is 10.9. The second-order valence-corrected chi connectivity index (χ2v) is 4.55. The maximum absolute atomic E-state index is 11.9. The summed E-state index contributed by atoms with van der Waals surface area (Å²) in [7, 11) is 0. The number of carbonyl (C=O) groups is 2. The number of aromatic carboxylic acids is 1. The molecule has 1 aromatic heterocycles. The molecule has 7 nitrogen and oxygen atoms in total. The van der Waals surface area contributed by atoms with E-state index in [0.717, 1.165) is 12.0 Å². The van der Waals surface area contributed by atoms with Crippen molar-refractivity contribution in [1.82, 2.24) is 19.9 Å². The summed E-state index contributed by atoms with van der Waals surface area (Å²) in [4.78, 5) is 24.3. The van der Waals surface area contributed by atoms with Crippen molar-refractivity contribution in [2.45, 2.75) is 26.3 Å². The molecule has 2 rings (SSSR count). The first-order valence-corrected chi connectivity index (χ1v) is 6.14. The van der Waals surface area contributed by atoms with E-state index in [2.05, 4.69) is 10.3 Å². The SMILES string of the molecule is CCC=C(C)C(=O)N1CC(n2cc(C(=O)O)nn2)C1. The Labute approximate surface area is 110 Å². The molecular formula is C12H16N4O3. The van der Waals surface area contributed by atoms with E-state index in [-0.39, 0.29) is 17.6 Å². The minimum Gasteiger partial charge on any atom is -0.476 e. The fourth-order valence-corrected chi connectivity index (χ4v) is 1.98. The number of hydrogen-bond acceptors (Lipinski definition) is 4. The molecule has 0 unspecified atom stereocenters. The molecule has 1 N–H and O–H groups in total. The van der Waals surface area contributed by atoms with Crippen LogP contribution in [0.2, 0.25) is 0 Å². The maximum Gasteiger partial charge on any atom is 0.358 e. The molecule has 1 aromatic rings. The predicted molar refractivity (Wildman–Crippen MR) is 66.6 cm³/mol. The number of amides is 1. The molecule has 0 aliphatic carbocycles. The van der Waals surface area contributed by atoms with Gasteiger partial charge in [0.1, 0.15) is 0 Å². The highest BCUT2D eigenvalue weighted by Gasteiger charge is 2.33. The lowest BCUT2D eigenvalue weighted by molar-refractivity contribution is -0.132. The van der Waals surface area contributed by atoms with Gasteiger partial charge in [-0.25, -0.2) is 9.48 Å². The van der Waals surface area contributed by atoms with Crippen molar-refractivity contribution in [2.75, 3.05) is 13.1 Å². The zero-order valence-corrected chi connectivity index (χ0v) is 10.9. The maximum atomic E-state index is 11.9. The third-order valence-electron chi connectivity index (χ3n) is 3.10. The highest BCUT2D eigenvalue weighted by molar-refractivity contribution is 5.93. The van der Waals surface area contributed by atoms with Gasteiger partial charge in [-0.2, -0.15) is 0 Å². The van der Waals surface area contributed by atoms with Gasteiger partial charge >= 0.3 is 5.97 Å². The zero-order chi connectivity index (χ0) is 14.0. The van der Waals surface area contributed by atoms with Gasteiger partial charge in [-0.1, -0.05) is 18.2 Å². The molecule has 0 saturated carbocycles. The van der Waals surface area contributed by atoms with Crippen LogP contribution in [0.5, 0.6) is 0 Å². The number of carboxylic acid groups (broad SMARTS) is 1. The van der Waals surface area contributed by atoms with Crippen LogP contribution in [0.1, 0.15) is 36.8 Å². The average molecular weight is 264 g/mol. The third-order valence-corrected chi connectivity index (χ3v) is 3.10. The van der Waals surface area contributed by atoms with Crippen LogP contribution in [0.15, 0.2) is 17.8 Å². The van der Waals surface area contributed by atoms with Gasteiger partial charge in [0, 0.05) is 18.7 Å². The van der Waals surface area contributed by atoms with Crippen LogP contribution in [0.4, 0.5) is 0 Å². The van der Waals surface area contributed by atoms with E-state index in [9.17, 15) is 9.59 Å². The topological polar surface area (TPSA) is 88.3 Å². The number of aromatic nitrogens is 3. The van der Waals surface area contributed by atoms with Crippen LogP contribution in [0.3, 0.4) is 0 Å². The van der Waals surface area contributed by atoms with Crippen molar-refractivity contribution in [1.29, 1.82) is 0 Å². The van der Waals surface area contributed by atoms with Crippen LogP contribution in [-0.2, 0) is 4.79 Å². The van der Waals surface area contributed by atoms with Gasteiger partial charge in [0.2, 0.25) is 5.91 Å². The van der Waals surface area contributed by atoms with E-state index >= 15 is 0 Å². The van der Waals surface area contributed by atoms with Crippen molar-refractivity contribution in [3.05, 3.63) is 23.5 Å². The van der Waals surface area contributed by atoms with Crippen LogP contribution < -0.4 is 0 Å². The Morgan fingerprint density at radius 1 is 1.53 bits per heavy atom. The van der Waals surface area contributed by atoms with Crippen molar-refractivity contribution >= 4 is 11.9 Å². The van der Waals surface area contributed by atoms with E-state index in [1.165, 1.54) is 10.9 Å². The molecule has 19 heavy (non-hydrogen) atoms. The van der Waals surface area contributed by atoms with Gasteiger partial charge in [0.05, 0.1) is 12.2 Å².